The van der Waals surface area contributed by atoms with Crippen LogP contribution in [0.2, 0.25) is 0 Å². The van der Waals surface area contributed by atoms with E-state index in [-0.39, 0.29) is 11.5 Å². The van der Waals surface area contributed by atoms with E-state index in [1.165, 1.54) is 18.4 Å². The molecule has 1 aromatic carbocycles. The van der Waals surface area contributed by atoms with Crippen LogP contribution in [0.1, 0.15) is 49.7 Å². The zero-order chi connectivity index (χ0) is 19.0. The molecule has 5 heteroatoms. The summed E-state index contributed by atoms with van der Waals surface area (Å²) >= 11 is 0. The number of piperidine rings is 1. The third-order valence-corrected chi connectivity index (χ3v) is 6.61. The number of benzene rings is 1. The van der Waals surface area contributed by atoms with Gasteiger partial charge < -0.3 is 15.4 Å². The molecule has 0 radical (unpaired) electrons. The van der Waals surface area contributed by atoms with E-state index in [4.69, 9.17) is 15.9 Å². The quantitative estimate of drug-likeness (QED) is 0.618. The van der Waals surface area contributed by atoms with Crippen LogP contribution < -0.4 is 5.73 Å². The number of nitrogens with zero attached hydrogens (tertiary/aromatic N) is 1. The van der Waals surface area contributed by atoms with E-state index in [2.05, 4.69) is 18.0 Å². The molecule has 0 saturated carbocycles. The van der Waals surface area contributed by atoms with E-state index in [0.717, 1.165) is 24.8 Å². The van der Waals surface area contributed by atoms with Gasteiger partial charge in [-0.25, -0.2) is 0 Å². The molecular formula is C22H29N3O2. The van der Waals surface area contributed by atoms with E-state index in [1.54, 1.807) is 0 Å². The first-order valence-electron chi connectivity index (χ1n) is 10.0. The molecule has 0 amide bonds. The Bertz CT molecular complexity index is 772. The number of rotatable bonds is 5. The van der Waals surface area contributed by atoms with Crippen LogP contribution in [0, 0.1) is 11.3 Å². The Morgan fingerprint density at radius 3 is 2.70 bits per heavy atom. The lowest BCUT2D eigenvalue weighted by Crippen LogP contribution is -2.40. The van der Waals surface area contributed by atoms with E-state index >= 15 is 0 Å². The maximum absolute atomic E-state index is 12.8. The Morgan fingerprint density at radius 2 is 2.04 bits per heavy atom. The predicted molar refractivity (Wildman–Crippen MR) is 108 cm³/mol. The zero-order valence-corrected chi connectivity index (χ0v) is 16.0. The van der Waals surface area contributed by atoms with E-state index < -0.39 is 0 Å². The van der Waals surface area contributed by atoms with Crippen molar-refractivity contribution in [2.45, 2.75) is 50.6 Å². The minimum atomic E-state index is -0.0752. The molecule has 1 aromatic rings. The third kappa shape index (κ3) is 3.71. The van der Waals surface area contributed by atoms with Crippen molar-refractivity contribution in [3.63, 3.8) is 0 Å². The Balaban J connectivity index is 1.47. The molecular weight excluding hydrogens is 338 g/mol. The molecule has 3 N–H and O–H groups in total. The molecule has 0 spiro atoms. The van der Waals surface area contributed by atoms with Crippen LogP contribution in [0.5, 0.6) is 0 Å². The maximum Gasteiger partial charge on any atom is 0.181 e. The summed E-state index contributed by atoms with van der Waals surface area (Å²) in [5.74, 6) is 0.322. The largest absolute Gasteiger partial charge is 0.398 e. The van der Waals surface area contributed by atoms with Crippen LogP contribution >= 0.6 is 0 Å². The number of Topliss-reactive ketones (excluding diaryl/α,β-unsaturated/α-hetero) is 1. The molecule has 2 unspecified atom stereocenters. The number of ketones is 1. The zero-order valence-electron chi connectivity index (χ0n) is 16.0. The van der Waals surface area contributed by atoms with Gasteiger partial charge in [-0.15, -0.1) is 0 Å². The van der Waals surface area contributed by atoms with Crippen LogP contribution in [0.4, 0.5) is 5.69 Å². The predicted octanol–water partition coefficient (Wildman–Crippen LogP) is 3.27. The number of hydrogen-bond acceptors (Lipinski definition) is 5. The molecule has 3 aliphatic heterocycles. The van der Waals surface area contributed by atoms with Gasteiger partial charge >= 0.3 is 0 Å². The van der Waals surface area contributed by atoms with Gasteiger partial charge in [-0.1, -0.05) is 12.1 Å². The minimum absolute atomic E-state index is 0.0632. The van der Waals surface area contributed by atoms with Crippen molar-refractivity contribution in [1.29, 1.82) is 5.41 Å². The Morgan fingerprint density at radius 1 is 1.30 bits per heavy atom. The van der Waals surface area contributed by atoms with Gasteiger partial charge in [0.1, 0.15) is 5.71 Å². The molecule has 0 aromatic heterocycles. The fourth-order valence-corrected chi connectivity index (χ4v) is 4.97. The average molecular weight is 367 g/mol. The molecule has 3 heterocycles. The monoisotopic (exact) mass is 367 g/mol. The van der Waals surface area contributed by atoms with Crippen molar-refractivity contribution in [1.82, 2.24) is 4.90 Å². The van der Waals surface area contributed by atoms with Crippen LogP contribution in [0.3, 0.4) is 0 Å². The maximum atomic E-state index is 12.8. The van der Waals surface area contributed by atoms with Crippen LogP contribution in [0.25, 0.3) is 5.57 Å². The first-order valence-corrected chi connectivity index (χ1v) is 10.0. The molecule has 2 saturated heterocycles. The molecule has 2 atom stereocenters. The number of fused-ring (bicyclic) bond motifs is 2. The van der Waals surface area contributed by atoms with Crippen LogP contribution in [-0.4, -0.2) is 48.7 Å². The second kappa shape index (κ2) is 7.56. The summed E-state index contributed by atoms with van der Waals surface area (Å²) in [6, 6.07) is 6.93. The summed E-state index contributed by atoms with van der Waals surface area (Å²) in [4.78, 5) is 15.3. The van der Waals surface area contributed by atoms with Gasteiger partial charge in [-0.05, 0) is 68.3 Å². The lowest BCUT2D eigenvalue weighted by atomic mass is 9.85. The average Bonchev–Trinajstić information content (AvgIpc) is 2.89. The fraction of sp³-hybridized carbons (Fsp3) is 0.545. The number of nitrogens with one attached hydrogen (secondary N) is 1. The Hall–Kier alpha value is -1.98. The number of carbonyl (C=O) groups is 1. The first-order chi connectivity index (χ1) is 13.0. The second-order valence-electron chi connectivity index (χ2n) is 8.25. The van der Waals surface area contributed by atoms with E-state index in [9.17, 15) is 4.79 Å². The van der Waals surface area contributed by atoms with Crippen molar-refractivity contribution in [3.8, 4) is 0 Å². The fourth-order valence-electron chi connectivity index (χ4n) is 4.97. The summed E-state index contributed by atoms with van der Waals surface area (Å²) in [6.07, 6.45) is 8.04. The lowest BCUT2D eigenvalue weighted by molar-refractivity contribution is -0.114. The number of hydrogen-bond donors (Lipinski definition) is 2. The van der Waals surface area contributed by atoms with Gasteiger partial charge in [0.15, 0.2) is 5.78 Å². The topological polar surface area (TPSA) is 79.4 Å². The van der Waals surface area contributed by atoms with Gasteiger partial charge in [-0.3, -0.25) is 10.2 Å². The number of carbonyl (C=O) groups excluding carboxylic acids is 1. The number of nitrogen functional groups attached to an aromatic ring is 1. The number of ether oxygens (including phenoxy) is 1. The van der Waals surface area contributed by atoms with E-state index in [0.29, 0.717) is 48.9 Å². The second-order valence-corrected chi connectivity index (χ2v) is 8.25. The van der Waals surface area contributed by atoms with Gasteiger partial charge in [0.2, 0.25) is 0 Å². The third-order valence-electron chi connectivity index (χ3n) is 6.61. The number of nitrogens with two attached hydrogens (primary N) is 1. The highest BCUT2D eigenvalue weighted by Gasteiger charge is 2.39. The summed E-state index contributed by atoms with van der Waals surface area (Å²) in [7, 11) is 2.21. The summed E-state index contributed by atoms with van der Waals surface area (Å²) in [6.45, 7) is 1.32. The van der Waals surface area contributed by atoms with Crippen molar-refractivity contribution in [2.24, 2.45) is 5.92 Å². The molecule has 2 fully saturated rings. The van der Waals surface area contributed by atoms with E-state index in [1.807, 2.05) is 18.2 Å². The van der Waals surface area contributed by atoms with Crippen molar-refractivity contribution in [3.05, 3.63) is 35.4 Å². The Labute approximate surface area is 161 Å². The molecule has 5 nitrogen and oxygen atoms in total. The highest BCUT2D eigenvalue weighted by molar-refractivity contribution is 6.46. The normalized spacial score (nSPS) is 28.0. The highest BCUT2D eigenvalue weighted by atomic mass is 16.5. The van der Waals surface area contributed by atoms with Crippen molar-refractivity contribution in [2.75, 3.05) is 26.0 Å². The highest BCUT2D eigenvalue weighted by Crippen LogP contribution is 2.39. The van der Waals surface area contributed by atoms with Gasteiger partial charge in [0.05, 0.1) is 13.2 Å². The van der Waals surface area contributed by atoms with Crippen molar-refractivity contribution < 1.29 is 9.53 Å². The lowest BCUT2D eigenvalue weighted by Gasteiger charge is -2.36. The van der Waals surface area contributed by atoms with Gasteiger partial charge in [-0.2, -0.15) is 0 Å². The number of anilines is 1. The van der Waals surface area contributed by atoms with Crippen molar-refractivity contribution >= 4 is 22.8 Å². The molecule has 4 rings (SSSR count). The molecule has 3 aliphatic rings. The van der Waals surface area contributed by atoms with Gasteiger partial charge in [0, 0.05) is 29.8 Å². The smallest absolute Gasteiger partial charge is 0.181 e. The summed E-state index contributed by atoms with van der Waals surface area (Å²) in [5, 5.41) is 8.48. The molecule has 27 heavy (non-hydrogen) atoms. The molecule has 144 valence electrons. The SMILES string of the molecule is CN1C2CCC1CC(CC(=O)C(=N)c1cc(C3=CCOCC3)ccc1N)C2. The van der Waals surface area contributed by atoms with Crippen LogP contribution in [0.15, 0.2) is 24.3 Å². The summed E-state index contributed by atoms with van der Waals surface area (Å²) < 4.78 is 5.37. The van der Waals surface area contributed by atoms with Gasteiger partial charge in [0.25, 0.3) is 0 Å². The van der Waals surface area contributed by atoms with Crippen LogP contribution in [-0.2, 0) is 9.53 Å². The minimum Gasteiger partial charge on any atom is -0.398 e. The molecule has 2 bridgehead atoms. The first kappa shape index (κ1) is 18.4. The Kier molecular flexibility index (Phi) is 5.15. The standard InChI is InChI=1S/C22H29N3O2/c1-25-17-3-4-18(25)11-14(10-17)12-21(26)22(24)19-13-16(2-5-20(19)23)15-6-8-27-9-7-15/h2,5-6,13-14,17-18,24H,3-4,7-12,23H2,1H3. The summed E-state index contributed by atoms with van der Waals surface area (Å²) in [5.41, 5.74) is 9.50. The molecule has 0 aliphatic carbocycles.